The van der Waals surface area contributed by atoms with Crippen LogP contribution in [-0.2, 0) is 11.8 Å². The fourth-order valence-corrected chi connectivity index (χ4v) is 4.13. The van der Waals surface area contributed by atoms with Crippen LogP contribution in [0.15, 0.2) is 41.8 Å². The summed E-state index contributed by atoms with van der Waals surface area (Å²) in [5.41, 5.74) is 3.56. The molecule has 4 aromatic rings. The first kappa shape index (κ1) is 20.5. The second-order valence-electron chi connectivity index (χ2n) is 6.99. The molecule has 1 aromatic carbocycles. The van der Waals surface area contributed by atoms with Crippen LogP contribution in [-0.4, -0.2) is 33.7 Å². The van der Waals surface area contributed by atoms with E-state index in [1.165, 1.54) is 14.0 Å². The third-order valence-corrected chi connectivity index (χ3v) is 5.65. The molecule has 2 N–H and O–H groups in total. The zero-order chi connectivity index (χ0) is 22.1. The molecule has 0 radical (unpaired) electrons. The number of aryl methyl sites for hydroxylation is 2. The first-order valence-electron chi connectivity index (χ1n) is 9.52. The number of hydrogen-bond acceptors (Lipinski definition) is 6. The molecule has 158 valence electrons. The van der Waals surface area contributed by atoms with Gasteiger partial charge in [0.1, 0.15) is 5.75 Å². The predicted molar refractivity (Wildman–Crippen MR) is 122 cm³/mol. The van der Waals surface area contributed by atoms with Gasteiger partial charge in [0.05, 0.1) is 40.0 Å². The van der Waals surface area contributed by atoms with Gasteiger partial charge < -0.3 is 15.4 Å². The van der Waals surface area contributed by atoms with Crippen LogP contribution in [0.2, 0.25) is 0 Å². The molecule has 31 heavy (non-hydrogen) atoms. The molecule has 0 aliphatic rings. The summed E-state index contributed by atoms with van der Waals surface area (Å²) >= 11 is 1.56. The lowest BCUT2D eigenvalue weighted by Gasteiger charge is -2.13. The van der Waals surface area contributed by atoms with Gasteiger partial charge in [0, 0.05) is 19.7 Å². The average Bonchev–Trinajstić information content (AvgIpc) is 3.36. The van der Waals surface area contributed by atoms with Crippen molar-refractivity contribution >= 4 is 45.6 Å². The molecule has 9 heteroatoms. The highest BCUT2D eigenvalue weighted by Gasteiger charge is 2.20. The van der Waals surface area contributed by atoms with Crippen molar-refractivity contribution in [3.8, 4) is 16.3 Å². The Morgan fingerprint density at radius 1 is 1.16 bits per heavy atom. The molecule has 0 aliphatic heterocycles. The highest BCUT2D eigenvalue weighted by Crippen LogP contribution is 2.31. The quantitative estimate of drug-likeness (QED) is 0.489. The zero-order valence-corrected chi connectivity index (χ0v) is 18.3. The molecule has 0 aliphatic carbocycles. The lowest BCUT2D eigenvalue weighted by molar-refractivity contribution is -0.114. The monoisotopic (exact) mass is 435 g/mol. The van der Waals surface area contributed by atoms with Crippen LogP contribution in [0.3, 0.4) is 0 Å². The van der Waals surface area contributed by atoms with Gasteiger partial charge in [-0.25, -0.2) is 4.98 Å². The van der Waals surface area contributed by atoms with Gasteiger partial charge in [-0.15, -0.1) is 11.3 Å². The molecule has 0 saturated carbocycles. The molecule has 4 rings (SSSR count). The fraction of sp³-hybridized carbons (Fsp3) is 0.182. The highest BCUT2D eigenvalue weighted by molar-refractivity contribution is 7.13. The molecule has 3 heterocycles. The van der Waals surface area contributed by atoms with Gasteiger partial charge in [-0.2, -0.15) is 5.10 Å². The molecule has 0 fully saturated rings. The summed E-state index contributed by atoms with van der Waals surface area (Å²) in [6.07, 6.45) is 0. The number of nitrogens with one attached hydrogen (secondary N) is 2. The summed E-state index contributed by atoms with van der Waals surface area (Å²) in [7, 11) is 3.33. The number of carbonyl (C=O) groups excluding carboxylic acids is 2. The SMILES string of the molecule is COc1ccc(NC(=O)c2cc(-c3cccs3)nc3c2c(C)nn3C)cc1NC(C)=O. The minimum Gasteiger partial charge on any atom is -0.495 e. The summed E-state index contributed by atoms with van der Waals surface area (Å²) in [5.74, 6) is -0.0213. The topological polar surface area (TPSA) is 98.1 Å². The molecular formula is C22H21N5O3S. The smallest absolute Gasteiger partial charge is 0.256 e. The van der Waals surface area contributed by atoms with Crippen molar-refractivity contribution in [2.75, 3.05) is 17.7 Å². The Morgan fingerprint density at radius 3 is 2.65 bits per heavy atom. The van der Waals surface area contributed by atoms with E-state index in [0.29, 0.717) is 39.4 Å². The number of anilines is 2. The average molecular weight is 436 g/mol. The number of carbonyl (C=O) groups is 2. The third-order valence-electron chi connectivity index (χ3n) is 4.75. The van der Waals surface area contributed by atoms with Crippen molar-refractivity contribution in [2.24, 2.45) is 7.05 Å². The van der Waals surface area contributed by atoms with Crippen molar-refractivity contribution < 1.29 is 14.3 Å². The number of thiophene rings is 1. The maximum atomic E-state index is 13.3. The van der Waals surface area contributed by atoms with Crippen LogP contribution in [0.4, 0.5) is 11.4 Å². The minimum absolute atomic E-state index is 0.232. The molecule has 8 nitrogen and oxygen atoms in total. The van der Waals surface area contributed by atoms with Crippen LogP contribution in [0.5, 0.6) is 5.75 Å². The normalized spacial score (nSPS) is 10.8. The number of hydrogen-bond donors (Lipinski definition) is 2. The first-order valence-corrected chi connectivity index (χ1v) is 10.4. The minimum atomic E-state index is -0.291. The van der Waals surface area contributed by atoms with Gasteiger partial charge in [-0.3, -0.25) is 14.3 Å². The van der Waals surface area contributed by atoms with E-state index in [2.05, 4.69) is 15.7 Å². The van der Waals surface area contributed by atoms with E-state index >= 15 is 0 Å². The Hall–Kier alpha value is -3.72. The fourth-order valence-electron chi connectivity index (χ4n) is 3.45. The molecule has 0 saturated heterocycles. The van der Waals surface area contributed by atoms with Gasteiger partial charge >= 0.3 is 0 Å². The van der Waals surface area contributed by atoms with Crippen LogP contribution in [0.1, 0.15) is 23.0 Å². The molecule has 2 amide bonds. The van der Waals surface area contributed by atoms with E-state index in [0.717, 1.165) is 10.6 Å². The maximum Gasteiger partial charge on any atom is 0.256 e. The second kappa shape index (κ2) is 8.19. The molecule has 3 aromatic heterocycles. The van der Waals surface area contributed by atoms with Crippen LogP contribution in [0.25, 0.3) is 21.6 Å². The molecule has 0 bridgehead atoms. The zero-order valence-electron chi connectivity index (χ0n) is 17.5. The predicted octanol–water partition coefficient (Wildman–Crippen LogP) is 4.22. The summed E-state index contributed by atoms with van der Waals surface area (Å²) in [4.78, 5) is 30.5. The second-order valence-corrected chi connectivity index (χ2v) is 7.94. The number of methoxy groups -OCH3 is 1. The molecule has 0 unspecified atom stereocenters. The first-order chi connectivity index (χ1) is 14.9. The number of rotatable bonds is 5. The van der Waals surface area contributed by atoms with Gasteiger partial charge in [-0.1, -0.05) is 6.07 Å². The van der Waals surface area contributed by atoms with Crippen molar-refractivity contribution in [3.63, 3.8) is 0 Å². The number of fused-ring (bicyclic) bond motifs is 1. The van der Waals surface area contributed by atoms with Crippen molar-refractivity contribution in [1.82, 2.24) is 14.8 Å². The van der Waals surface area contributed by atoms with Gasteiger partial charge in [0.15, 0.2) is 5.65 Å². The standard InChI is InChI=1S/C22H21N5O3S/c1-12-20-15(11-17(19-6-5-9-31-19)25-21(20)27(3)26-12)22(29)24-14-7-8-18(30-4)16(10-14)23-13(2)28/h5-11H,1-4H3,(H,23,28)(H,24,29). The molecular weight excluding hydrogens is 414 g/mol. The van der Waals surface area contributed by atoms with E-state index in [-0.39, 0.29) is 11.8 Å². The van der Waals surface area contributed by atoms with Crippen LogP contribution < -0.4 is 15.4 Å². The third kappa shape index (κ3) is 3.99. The van der Waals surface area contributed by atoms with E-state index in [4.69, 9.17) is 9.72 Å². The largest absolute Gasteiger partial charge is 0.495 e. The summed E-state index contributed by atoms with van der Waals surface area (Å²) in [5, 5.41) is 12.7. The Bertz CT molecular complexity index is 1290. The lowest BCUT2D eigenvalue weighted by Crippen LogP contribution is -2.14. The molecule has 0 spiro atoms. The van der Waals surface area contributed by atoms with Crippen LogP contribution in [0, 0.1) is 6.92 Å². The molecule has 0 atom stereocenters. The van der Waals surface area contributed by atoms with E-state index < -0.39 is 0 Å². The van der Waals surface area contributed by atoms with E-state index in [1.807, 2.05) is 31.5 Å². The Balaban J connectivity index is 1.76. The van der Waals surface area contributed by atoms with E-state index in [9.17, 15) is 9.59 Å². The number of amides is 2. The van der Waals surface area contributed by atoms with Crippen molar-refractivity contribution in [3.05, 3.63) is 53.0 Å². The maximum absolute atomic E-state index is 13.3. The number of aromatic nitrogens is 3. The Morgan fingerprint density at radius 2 is 1.97 bits per heavy atom. The van der Waals surface area contributed by atoms with E-state index in [1.54, 1.807) is 40.3 Å². The number of benzene rings is 1. The lowest BCUT2D eigenvalue weighted by atomic mass is 10.1. The van der Waals surface area contributed by atoms with Gasteiger partial charge in [-0.05, 0) is 42.6 Å². The highest BCUT2D eigenvalue weighted by atomic mass is 32.1. The van der Waals surface area contributed by atoms with Crippen molar-refractivity contribution in [1.29, 1.82) is 0 Å². The summed E-state index contributed by atoms with van der Waals surface area (Å²) < 4.78 is 6.96. The van der Waals surface area contributed by atoms with Gasteiger partial charge in [0.2, 0.25) is 5.91 Å². The number of ether oxygens (including phenoxy) is 1. The number of nitrogens with zero attached hydrogens (tertiary/aromatic N) is 3. The Kier molecular flexibility index (Phi) is 5.43. The Labute approximate surface area is 182 Å². The summed E-state index contributed by atoms with van der Waals surface area (Å²) in [6.45, 7) is 3.27. The van der Waals surface area contributed by atoms with Crippen molar-refractivity contribution in [2.45, 2.75) is 13.8 Å². The summed E-state index contributed by atoms with van der Waals surface area (Å²) in [6, 6.07) is 10.8. The number of pyridine rings is 1. The van der Waals surface area contributed by atoms with Crippen LogP contribution >= 0.6 is 11.3 Å². The van der Waals surface area contributed by atoms with Gasteiger partial charge in [0.25, 0.3) is 5.91 Å².